The molecule has 2 heterocycles. The summed E-state index contributed by atoms with van der Waals surface area (Å²) in [6, 6.07) is 10.6. The van der Waals surface area contributed by atoms with Crippen LogP contribution in [0.5, 0.6) is 0 Å². The Morgan fingerprint density at radius 1 is 1.14 bits per heavy atom. The molecule has 0 spiro atoms. The quantitative estimate of drug-likeness (QED) is 0.692. The van der Waals surface area contributed by atoms with Crippen LogP contribution in [0.2, 0.25) is 0 Å². The topological polar surface area (TPSA) is 34.4 Å². The highest BCUT2D eigenvalue weighted by atomic mass is 32.2. The van der Waals surface area contributed by atoms with Gasteiger partial charge < -0.3 is 0 Å². The van der Waals surface area contributed by atoms with E-state index in [0.29, 0.717) is 22.0 Å². The van der Waals surface area contributed by atoms with Crippen LogP contribution < -0.4 is 5.56 Å². The molecule has 112 valence electrons. The number of hydrogen-bond acceptors (Lipinski definition) is 3. The maximum absolute atomic E-state index is 13.2. The van der Waals surface area contributed by atoms with Crippen LogP contribution in [0, 0.1) is 18.6 Å². The number of halogens is 2. The maximum Gasteiger partial charge on any atom is 0.258 e. The van der Waals surface area contributed by atoms with Crippen LogP contribution in [0.15, 0.2) is 52.2 Å². The zero-order valence-electron chi connectivity index (χ0n) is 11.7. The number of nitrogens with zero attached hydrogens (tertiary/aromatic N) is 2. The highest BCUT2D eigenvalue weighted by Crippen LogP contribution is 2.23. The predicted molar refractivity (Wildman–Crippen MR) is 82.1 cm³/mol. The lowest BCUT2D eigenvalue weighted by Gasteiger charge is -2.06. The van der Waals surface area contributed by atoms with Gasteiger partial charge in [0.1, 0.15) is 5.65 Å². The minimum Gasteiger partial charge on any atom is -0.269 e. The van der Waals surface area contributed by atoms with E-state index in [1.807, 2.05) is 19.1 Å². The molecule has 0 bridgehead atoms. The van der Waals surface area contributed by atoms with Crippen molar-refractivity contribution in [3.05, 3.63) is 75.8 Å². The van der Waals surface area contributed by atoms with Crippen molar-refractivity contribution in [2.24, 2.45) is 0 Å². The van der Waals surface area contributed by atoms with Gasteiger partial charge in [0.25, 0.3) is 5.56 Å². The molecule has 0 aliphatic carbocycles. The number of pyridine rings is 1. The minimum atomic E-state index is -0.882. The lowest BCUT2D eigenvalue weighted by Crippen LogP contribution is -2.17. The SMILES string of the molecule is Cc1cccc2nc(CSc3ccc(F)c(F)c3)cc(=O)n12. The zero-order valence-corrected chi connectivity index (χ0v) is 12.5. The number of aromatic nitrogens is 2. The summed E-state index contributed by atoms with van der Waals surface area (Å²) in [5.41, 5.74) is 1.84. The van der Waals surface area contributed by atoms with E-state index in [0.717, 1.165) is 17.8 Å². The fourth-order valence-corrected chi connectivity index (χ4v) is 2.98. The molecular formula is C16H12F2N2OS. The Morgan fingerprint density at radius 2 is 1.95 bits per heavy atom. The van der Waals surface area contributed by atoms with E-state index < -0.39 is 11.6 Å². The van der Waals surface area contributed by atoms with Crippen LogP contribution in [-0.2, 0) is 5.75 Å². The zero-order chi connectivity index (χ0) is 15.7. The van der Waals surface area contributed by atoms with Crippen molar-refractivity contribution in [1.29, 1.82) is 0 Å². The van der Waals surface area contributed by atoms with Crippen molar-refractivity contribution in [1.82, 2.24) is 9.38 Å². The molecule has 3 nitrogen and oxygen atoms in total. The standard InChI is InChI=1S/C16H12F2N2OS/c1-10-3-2-4-15-19-11(7-16(21)20(10)15)9-22-12-5-6-13(17)14(18)8-12/h2-8H,9H2,1H3. The van der Waals surface area contributed by atoms with Crippen LogP contribution in [0.25, 0.3) is 5.65 Å². The van der Waals surface area contributed by atoms with E-state index in [2.05, 4.69) is 4.98 Å². The first-order valence-electron chi connectivity index (χ1n) is 6.61. The number of hydrogen-bond donors (Lipinski definition) is 0. The number of aryl methyl sites for hydroxylation is 1. The van der Waals surface area contributed by atoms with Crippen molar-refractivity contribution >= 4 is 17.4 Å². The molecule has 0 atom stereocenters. The van der Waals surface area contributed by atoms with Gasteiger partial charge in [0.15, 0.2) is 11.6 Å². The predicted octanol–water partition coefficient (Wildman–Crippen LogP) is 3.57. The van der Waals surface area contributed by atoms with Crippen molar-refractivity contribution in [2.45, 2.75) is 17.6 Å². The van der Waals surface area contributed by atoms with Gasteiger partial charge in [0.2, 0.25) is 0 Å². The van der Waals surface area contributed by atoms with Crippen LogP contribution >= 0.6 is 11.8 Å². The maximum atomic E-state index is 13.2. The average molecular weight is 318 g/mol. The molecule has 0 radical (unpaired) electrons. The molecule has 0 N–H and O–H groups in total. The van der Waals surface area contributed by atoms with E-state index in [1.54, 1.807) is 6.07 Å². The summed E-state index contributed by atoms with van der Waals surface area (Å²) < 4.78 is 27.6. The molecular weight excluding hydrogens is 306 g/mol. The number of thioether (sulfide) groups is 1. The largest absolute Gasteiger partial charge is 0.269 e. The third-order valence-corrected chi connectivity index (χ3v) is 4.24. The lowest BCUT2D eigenvalue weighted by atomic mass is 10.3. The van der Waals surface area contributed by atoms with Gasteiger partial charge in [-0.1, -0.05) is 6.07 Å². The molecule has 0 saturated carbocycles. The van der Waals surface area contributed by atoms with Gasteiger partial charge in [-0.25, -0.2) is 13.8 Å². The van der Waals surface area contributed by atoms with Crippen molar-refractivity contribution in [3.63, 3.8) is 0 Å². The fraction of sp³-hybridized carbons (Fsp3) is 0.125. The molecule has 0 fully saturated rings. The van der Waals surface area contributed by atoms with E-state index >= 15 is 0 Å². The van der Waals surface area contributed by atoms with E-state index in [1.165, 1.54) is 28.3 Å². The van der Waals surface area contributed by atoms with Gasteiger partial charge in [-0.2, -0.15) is 0 Å². The summed E-state index contributed by atoms with van der Waals surface area (Å²) in [5.74, 6) is -1.35. The Hall–Kier alpha value is -2.21. The molecule has 0 unspecified atom stereocenters. The Labute approximate surface area is 129 Å². The normalized spacial score (nSPS) is 11.0. The first-order chi connectivity index (χ1) is 10.5. The molecule has 2 aromatic heterocycles. The summed E-state index contributed by atoms with van der Waals surface area (Å²) >= 11 is 1.30. The summed E-state index contributed by atoms with van der Waals surface area (Å²) in [4.78, 5) is 17.1. The second-order valence-corrected chi connectivity index (χ2v) is 5.86. The Bertz CT molecular complexity index is 908. The van der Waals surface area contributed by atoms with Crippen LogP contribution in [0.3, 0.4) is 0 Å². The van der Waals surface area contributed by atoms with Crippen LogP contribution in [0.1, 0.15) is 11.4 Å². The second-order valence-electron chi connectivity index (χ2n) is 4.81. The van der Waals surface area contributed by atoms with Gasteiger partial charge in [0, 0.05) is 22.4 Å². The highest BCUT2D eigenvalue weighted by Gasteiger charge is 2.07. The number of benzene rings is 1. The lowest BCUT2D eigenvalue weighted by molar-refractivity contribution is 0.506. The van der Waals surface area contributed by atoms with E-state index in [9.17, 15) is 13.6 Å². The summed E-state index contributed by atoms with van der Waals surface area (Å²) in [5, 5.41) is 0. The molecule has 22 heavy (non-hydrogen) atoms. The van der Waals surface area contributed by atoms with Crippen LogP contribution in [0.4, 0.5) is 8.78 Å². The van der Waals surface area contributed by atoms with Crippen molar-refractivity contribution in [3.8, 4) is 0 Å². The third kappa shape index (κ3) is 2.87. The van der Waals surface area contributed by atoms with E-state index in [4.69, 9.17) is 0 Å². The first kappa shape index (κ1) is 14.7. The monoisotopic (exact) mass is 318 g/mol. The van der Waals surface area contributed by atoms with Crippen molar-refractivity contribution in [2.75, 3.05) is 0 Å². The number of rotatable bonds is 3. The first-order valence-corrected chi connectivity index (χ1v) is 7.59. The fourth-order valence-electron chi connectivity index (χ4n) is 2.16. The smallest absolute Gasteiger partial charge is 0.258 e. The molecule has 3 aromatic rings. The molecule has 6 heteroatoms. The van der Waals surface area contributed by atoms with E-state index in [-0.39, 0.29) is 5.56 Å². The van der Waals surface area contributed by atoms with Gasteiger partial charge in [-0.05, 0) is 37.3 Å². The molecule has 0 aliphatic rings. The molecule has 0 aliphatic heterocycles. The number of fused-ring (bicyclic) bond motifs is 1. The summed E-state index contributed by atoms with van der Waals surface area (Å²) in [7, 11) is 0. The van der Waals surface area contributed by atoms with Gasteiger partial charge in [0.05, 0.1) is 5.69 Å². The van der Waals surface area contributed by atoms with Gasteiger partial charge in [-0.3, -0.25) is 9.20 Å². The Balaban J connectivity index is 1.88. The molecule has 0 saturated heterocycles. The van der Waals surface area contributed by atoms with Gasteiger partial charge in [-0.15, -0.1) is 11.8 Å². The molecule has 1 aromatic carbocycles. The second kappa shape index (κ2) is 5.88. The molecule has 0 amide bonds. The Morgan fingerprint density at radius 3 is 2.73 bits per heavy atom. The van der Waals surface area contributed by atoms with Crippen LogP contribution in [-0.4, -0.2) is 9.38 Å². The van der Waals surface area contributed by atoms with Gasteiger partial charge >= 0.3 is 0 Å². The van der Waals surface area contributed by atoms with Crippen molar-refractivity contribution < 1.29 is 8.78 Å². The third-order valence-electron chi connectivity index (χ3n) is 3.21. The molecule has 3 rings (SSSR count). The average Bonchev–Trinajstić information content (AvgIpc) is 2.48. The minimum absolute atomic E-state index is 0.149. The summed E-state index contributed by atoms with van der Waals surface area (Å²) in [6.45, 7) is 1.84. The summed E-state index contributed by atoms with van der Waals surface area (Å²) in [6.07, 6.45) is 0. The Kier molecular flexibility index (Phi) is 3.94. The highest BCUT2D eigenvalue weighted by molar-refractivity contribution is 7.98.